The summed E-state index contributed by atoms with van der Waals surface area (Å²) in [7, 11) is 0. The van der Waals surface area contributed by atoms with Crippen molar-refractivity contribution in [2.75, 3.05) is 18.5 Å². The highest BCUT2D eigenvalue weighted by Crippen LogP contribution is 2.10. The fourth-order valence-corrected chi connectivity index (χ4v) is 1.09. The average molecular weight is 230 g/mol. The van der Waals surface area contributed by atoms with Gasteiger partial charge in [-0.2, -0.15) is 4.98 Å². The third-order valence-corrected chi connectivity index (χ3v) is 2.32. The number of anilines is 1. The maximum absolute atomic E-state index is 5.97. The highest BCUT2D eigenvalue weighted by Gasteiger charge is 2.02. The van der Waals surface area contributed by atoms with Crippen LogP contribution in [0.15, 0.2) is 12.4 Å². The van der Waals surface area contributed by atoms with Crippen molar-refractivity contribution in [3.8, 4) is 5.88 Å². The zero-order valence-corrected chi connectivity index (χ0v) is 9.79. The third kappa shape index (κ3) is 4.34. The van der Waals surface area contributed by atoms with Crippen LogP contribution in [0.4, 0.5) is 5.82 Å². The second kappa shape index (κ2) is 6.45. The number of hydrogen-bond donors (Lipinski definition) is 1. The van der Waals surface area contributed by atoms with Crippen LogP contribution in [0, 0.1) is 0 Å². The molecule has 0 radical (unpaired) electrons. The van der Waals surface area contributed by atoms with Gasteiger partial charge in [0.1, 0.15) is 5.82 Å². The number of aromatic nitrogens is 2. The van der Waals surface area contributed by atoms with Crippen molar-refractivity contribution in [3.63, 3.8) is 0 Å². The van der Waals surface area contributed by atoms with Crippen LogP contribution in [0.3, 0.4) is 0 Å². The van der Waals surface area contributed by atoms with Gasteiger partial charge in [-0.15, -0.1) is 11.6 Å². The first-order valence-electron chi connectivity index (χ1n) is 5.09. The number of rotatable bonds is 6. The molecule has 0 aliphatic carbocycles. The van der Waals surface area contributed by atoms with Gasteiger partial charge in [0.05, 0.1) is 24.4 Å². The zero-order valence-electron chi connectivity index (χ0n) is 9.03. The van der Waals surface area contributed by atoms with E-state index in [2.05, 4.69) is 15.3 Å². The van der Waals surface area contributed by atoms with Gasteiger partial charge in [-0.25, -0.2) is 0 Å². The minimum Gasteiger partial charge on any atom is -0.477 e. The summed E-state index contributed by atoms with van der Waals surface area (Å²) < 4.78 is 5.23. The van der Waals surface area contributed by atoms with Crippen molar-refractivity contribution >= 4 is 17.4 Å². The quantitative estimate of drug-likeness (QED) is 0.761. The van der Waals surface area contributed by atoms with Crippen LogP contribution in [-0.2, 0) is 0 Å². The van der Waals surface area contributed by atoms with Crippen molar-refractivity contribution in [2.24, 2.45) is 0 Å². The Morgan fingerprint density at radius 1 is 1.47 bits per heavy atom. The lowest BCUT2D eigenvalue weighted by Gasteiger charge is -2.09. The summed E-state index contributed by atoms with van der Waals surface area (Å²) in [6.45, 7) is 5.23. The van der Waals surface area contributed by atoms with E-state index in [1.165, 1.54) is 0 Å². The molecule has 0 amide bonds. The van der Waals surface area contributed by atoms with Crippen molar-refractivity contribution < 1.29 is 4.74 Å². The van der Waals surface area contributed by atoms with E-state index in [1.54, 1.807) is 12.4 Å². The Balaban J connectivity index is 2.50. The van der Waals surface area contributed by atoms with Gasteiger partial charge in [0.15, 0.2) is 0 Å². The number of nitrogens with one attached hydrogen (secondary N) is 1. The topological polar surface area (TPSA) is 47.0 Å². The highest BCUT2D eigenvalue weighted by atomic mass is 35.5. The summed E-state index contributed by atoms with van der Waals surface area (Å²) in [5.74, 6) is 1.23. The molecule has 1 rings (SSSR count). The molecular formula is C10H16ClN3O. The van der Waals surface area contributed by atoms with Crippen molar-refractivity contribution in [2.45, 2.75) is 25.6 Å². The van der Waals surface area contributed by atoms with E-state index in [4.69, 9.17) is 16.3 Å². The molecule has 0 saturated carbocycles. The summed E-state index contributed by atoms with van der Waals surface area (Å²) in [5.41, 5.74) is 0. The molecule has 1 aromatic heterocycles. The molecule has 84 valence electrons. The molecule has 0 fully saturated rings. The van der Waals surface area contributed by atoms with Crippen molar-refractivity contribution in [3.05, 3.63) is 12.4 Å². The molecule has 1 unspecified atom stereocenters. The molecule has 4 nitrogen and oxygen atoms in total. The molecule has 0 spiro atoms. The Bertz CT molecular complexity index is 296. The lowest BCUT2D eigenvalue weighted by molar-refractivity contribution is 0.325. The average Bonchev–Trinajstić information content (AvgIpc) is 2.27. The van der Waals surface area contributed by atoms with Gasteiger partial charge in [0.2, 0.25) is 5.88 Å². The van der Waals surface area contributed by atoms with Crippen LogP contribution in [0.1, 0.15) is 20.3 Å². The number of nitrogens with zero attached hydrogens (tertiary/aromatic N) is 2. The van der Waals surface area contributed by atoms with Gasteiger partial charge in [-0.3, -0.25) is 4.98 Å². The first-order chi connectivity index (χ1) is 7.26. The molecule has 1 aromatic rings. The maximum Gasteiger partial charge on any atom is 0.234 e. The van der Waals surface area contributed by atoms with Crippen molar-refractivity contribution in [1.29, 1.82) is 0 Å². The predicted octanol–water partition coefficient (Wildman–Crippen LogP) is 2.30. The Morgan fingerprint density at radius 2 is 2.27 bits per heavy atom. The summed E-state index contributed by atoms with van der Waals surface area (Å²) in [6, 6.07) is 0. The summed E-state index contributed by atoms with van der Waals surface area (Å²) in [4.78, 5) is 8.23. The van der Waals surface area contributed by atoms with Crippen LogP contribution in [0.2, 0.25) is 0 Å². The van der Waals surface area contributed by atoms with Gasteiger partial charge in [-0.05, 0) is 13.3 Å². The van der Waals surface area contributed by atoms with E-state index < -0.39 is 0 Å². The smallest absolute Gasteiger partial charge is 0.234 e. The Morgan fingerprint density at radius 3 is 2.93 bits per heavy atom. The summed E-state index contributed by atoms with van der Waals surface area (Å²) >= 11 is 5.97. The standard InChI is InChI=1S/C10H16ClN3O/c1-3-8(11)5-13-9-6-12-7-10(14-9)15-4-2/h6-8H,3-5H2,1-2H3,(H,13,14). The van der Waals surface area contributed by atoms with E-state index in [-0.39, 0.29) is 5.38 Å². The Hall–Kier alpha value is -1.03. The highest BCUT2D eigenvalue weighted by molar-refractivity contribution is 6.20. The second-order valence-corrected chi connectivity index (χ2v) is 3.68. The predicted molar refractivity (Wildman–Crippen MR) is 61.6 cm³/mol. The Kier molecular flexibility index (Phi) is 5.18. The van der Waals surface area contributed by atoms with Gasteiger partial charge in [0, 0.05) is 6.54 Å². The van der Waals surface area contributed by atoms with Crippen LogP contribution < -0.4 is 10.1 Å². The molecule has 0 bridgehead atoms. The normalized spacial score (nSPS) is 12.2. The molecule has 15 heavy (non-hydrogen) atoms. The summed E-state index contributed by atoms with van der Waals surface area (Å²) in [5, 5.41) is 3.22. The van der Waals surface area contributed by atoms with E-state index in [0.29, 0.717) is 24.8 Å². The lowest BCUT2D eigenvalue weighted by Crippen LogP contribution is -2.14. The number of halogens is 1. The Labute approximate surface area is 95.0 Å². The first-order valence-corrected chi connectivity index (χ1v) is 5.52. The lowest BCUT2D eigenvalue weighted by atomic mass is 10.3. The SMILES string of the molecule is CCOc1cncc(NCC(Cl)CC)n1. The van der Waals surface area contributed by atoms with Crippen LogP contribution in [0.5, 0.6) is 5.88 Å². The van der Waals surface area contributed by atoms with E-state index in [1.807, 2.05) is 13.8 Å². The minimum atomic E-state index is 0.113. The molecule has 1 N–H and O–H groups in total. The number of ether oxygens (including phenoxy) is 1. The van der Waals surface area contributed by atoms with E-state index in [0.717, 1.165) is 6.42 Å². The number of alkyl halides is 1. The van der Waals surface area contributed by atoms with Crippen molar-refractivity contribution in [1.82, 2.24) is 9.97 Å². The fourth-order valence-electron chi connectivity index (χ4n) is 1.01. The first kappa shape index (κ1) is 12.0. The molecular weight excluding hydrogens is 214 g/mol. The molecule has 1 atom stereocenters. The summed E-state index contributed by atoms with van der Waals surface area (Å²) in [6.07, 6.45) is 4.17. The largest absolute Gasteiger partial charge is 0.477 e. The van der Waals surface area contributed by atoms with Crippen LogP contribution in [0.25, 0.3) is 0 Å². The van der Waals surface area contributed by atoms with Crippen LogP contribution in [-0.4, -0.2) is 28.5 Å². The van der Waals surface area contributed by atoms with E-state index in [9.17, 15) is 0 Å². The van der Waals surface area contributed by atoms with Gasteiger partial charge >= 0.3 is 0 Å². The van der Waals surface area contributed by atoms with Gasteiger partial charge in [0.25, 0.3) is 0 Å². The zero-order chi connectivity index (χ0) is 11.1. The van der Waals surface area contributed by atoms with Crippen LogP contribution >= 0.6 is 11.6 Å². The van der Waals surface area contributed by atoms with Gasteiger partial charge in [-0.1, -0.05) is 6.92 Å². The monoisotopic (exact) mass is 229 g/mol. The van der Waals surface area contributed by atoms with Gasteiger partial charge < -0.3 is 10.1 Å². The minimum absolute atomic E-state index is 0.113. The molecule has 0 aliphatic heterocycles. The maximum atomic E-state index is 5.97. The fraction of sp³-hybridized carbons (Fsp3) is 0.600. The molecule has 1 heterocycles. The molecule has 0 saturated heterocycles. The third-order valence-electron chi connectivity index (χ3n) is 1.85. The second-order valence-electron chi connectivity index (χ2n) is 3.06. The van der Waals surface area contributed by atoms with E-state index >= 15 is 0 Å². The number of hydrogen-bond acceptors (Lipinski definition) is 4. The molecule has 0 aromatic carbocycles. The molecule has 5 heteroatoms. The molecule has 0 aliphatic rings.